The maximum atomic E-state index is 10.6. The first-order chi connectivity index (χ1) is 4.34. The summed E-state index contributed by atoms with van der Waals surface area (Å²) in [6.45, 7) is 4.00. The Labute approximate surface area is 53.8 Å². The second kappa shape index (κ2) is 2.49. The van der Waals surface area contributed by atoms with Crippen LogP contribution in [0, 0.1) is 0 Å². The van der Waals surface area contributed by atoms with Crippen molar-refractivity contribution in [3.8, 4) is 0 Å². The van der Waals surface area contributed by atoms with Crippen molar-refractivity contribution in [1.82, 2.24) is 0 Å². The summed E-state index contributed by atoms with van der Waals surface area (Å²) in [6, 6.07) is 0. The monoisotopic (exact) mass is 124 g/mol. The minimum absolute atomic E-state index is 0.199. The summed E-state index contributed by atoms with van der Waals surface area (Å²) in [5, 5.41) is 0. The summed E-state index contributed by atoms with van der Waals surface area (Å²) >= 11 is 0. The molecule has 0 saturated carbocycles. The third-order valence-electron chi connectivity index (χ3n) is 1.19. The van der Waals surface area contributed by atoms with E-state index in [9.17, 15) is 4.79 Å². The van der Waals surface area contributed by atoms with Gasteiger partial charge in [-0.3, -0.25) is 0 Å². The first-order valence-electron chi connectivity index (χ1n) is 2.83. The highest BCUT2D eigenvalue weighted by Crippen LogP contribution is 2.11. The van der Waals surface area contributed by atoms with E-state index in [4.69, 9.17) is 0 Å². The molecule has 2 heteroatoms. The molecule has 1 heterocycles. The van der Waals surface area contributed by atoms with Crippen LogP contribution in [0.1, 0.15) is 6.42 Å². The fourth-order valence-corrected chi connectivity index (χ4v) is 0.742. The molecule has 2 nitrogen and oxygen atoms in total. The molecule has 0 atom stereocenters. The molecule has 0 bridgehead atoms. The average molecular weight is 124 g/mol. The largest absolute Gasteiger partial charge is 0.462 e. The Morgan fingerprint density at radius 3 is 2.89 bits per heavy atom. The van der Waals surface area contributed by atoms with Gasteiger partial charge < -0.3 is 4.74 Å². The summed E-state index contributed by atoms with van der Waals surface area (Å²) in [5.74, 6) is -0.199. The predicted octanol–water partition coefficient (Wildman–Crippen LogP) is 1.05. The van der Waals surface area contributed by atoms with E-state index < -0.39 is 0 Å². The predicted molar refractivity (Wildman–Crippen MR) is 33.9 cm³/mol. The van der Waals surface area contributed by atoms with Crippen LogP contribution in [0.5, 0.6) is 0 Å². The van der Waals surface area contributed by atoms with E-state index in [0.717, 1.165) is 12.0 Å². The summed E-state index contributed by atoms with van der Waals surface area (Å²) in [5.41, 5.74) is 0.727. The molecule has 0 unspecified atom stereocenters. The molecule has 0 N–H and O–H groups in total. The number of hydrogen-bond donors (Lipinski definition) is 0. The molecule has 1 aliphatic rings. The van der Waals surface area contributed by atoms with Gasteiger partial charge in [0.2, 0.25) is 0 Å². The van der Waals surface area contributed by atoms with E-state index in [1.807, 2.05) is 0 Å². The van der Waals surface area contributed by atoms with Crippen LogP contribution in [0.25, 0.3) is 0 Å². The Kier molecular flexibility index (Phi) is 1.68. The Hall–Kier alpha value is -1.05. The van der Waals surface area contributed by atoms with Crippen LogP contribution in [0.4, 0.5) is 0 Å². The van der Waals surface area contributed by atoms with Gasteiger partial charge in [-0.1, -0.05) is 18.7 Å². The molecule has 1 rings (SSSR count). The lowest BCUT2D eigenvalue weighted by Gasteiger charge is -1.85. The van der Waals surface area contributed by atoms with Gasteiger partial charge in [-0.2, -0.15) is 0 Å². The standard InChI is InChI=1S/C7H8O2/c1-2-3-6-4-5-9-7(6)8/h2-3H,1,4-5H2. The first kappa shape index (κ1) is 6.08. The lowest BCUT2D eigenvalue weighted by Crippen LogP contribution is -1.93. The van der Waals surface area contributed by atoms with Crippen LogP contribution in [0.3, 0.4) is 0 Å². The fourth-order valence-electron chi connectivity index (χ4n) is 0.742. The second-order valence-corrected chi connectivity index (χ2v) is 1.81. The van der Waals surface area contributed by atoms with Gasteiger partial charge in [0.1, 0.15) is 0 Å². The maximum Gasteiger partial charge on any atom is 0.334 e. The molecular weight excluding hydrogens is 116 g/mol. The van der Waals surface area contributed by atoms with Gasteiger partial charge in [0.25, 0.3) is 0 Å². The van der Waals surface area contributed by atoms with Crippen LogP contribution >= 0.6 is 0 Å². The van der Waals surface area contributed by atoms with Gasteiger partial charge in [0, 0.05) is 12.0 Å². The van der Waals surface area contributed by atoms with Crippen LogP contribution in [-0.2, 0) is 9.53 Å². The topological polar surface area (TPSA) is 26.3 Å². The highest BCUT2D eigenvalue weighted by Gasteiger charge is 2.16. The van der Waals surface area contributed by atoms with Crippen molar-refractivity contribution in [2.24, 2.45) is 0 Å². The molecular formula is C7H8O2. The van der Waals surface area contributed by atoms with Gasteiger partial charge in [0.05, 0.1) is 6.61 Å². The summed E-state index contributed by atoms with van der Waals surface area (Å²) < 4.78 is 4.66. The SMILES string of the molecule is C=CC=C1CCOC1=O. The Morgan fingerprint density at radius 2 is 2.44 bits per heavy atom. The molecule has 0 aromatic carbocycles. The molecule has 0 aromatic heterocycles. The number of hydrogen-bond acceptors (Lipinski definition) is 2. The number of cyclic esters (lactones) is 1. The van der Waals surface area contributed by atoms with Crippen molar-refractivity contribution in [2.75, 3.05) is 6.61 Å². The van der Waals surface area contributed by atoms with Crippen LogP contribution in [0.15, 0.2) is 24.3 Å². The molecule has 0 amide bonds. The lowest BCUT2D eigenvalue weighted by atomic mass is 10.2. The van der Waals surface area contributed by atoms with Gasteiger partial charge in [-0.25, -0.2) is 4.79 Å². The highest BCUT2D eigenvalue weighted by molar-refractivity contribution is 5.90. The van der Waals surface area contributed by atoms with Crippen molar-refractivity contribution in [2.45, 2.75) is 6.42 Å². The molecule has 1 saturated heterocycles. The van der Waals surface area contributed by atoms with E-state index in [-0.39, 0.29) is 5.97 Å². The van der Waals surface area contributed by atoms with Crippen molar-refractivity contribution >= 4 is 5.97 Å². The van der Waals surface area contributed by atoms with E-state index in [1.54, 1.807) is 12.2 Å². The third kappa shape index (κ3) is 1.19. The minimum atomic E-state index is -0.199. The van der Waals surface area contributed by atoms with Gasteiger partial charge in [-0.05, 0) is 0 Å². The molecule has 1 fully saturated rings. The van der Waals surface area contributed by atoms with Crippen LogP contribution in [-0.4, -0.2) is 12.6 Å². The average Bonchev–Trinajstić information content (AvgIpc) is 2.18. The summed E-state index contributed by atoms with van der Waals surface area (Å²) in [4.78, 5) is 10.6. The number of esters is 1. The third-order valence-corrected chi connectivity index (χ3v) is 1.19. The fraction of sp³-hybridized carbons (Fsp3) is 0.286. The van der Waals surface area contributed by atoms with Gasteiger partial charge in [0.15, 0.2) is 0 Å². The Bertz CT molecular complexity index is 168. The Balaban J connectivity index is 2.69. The molecule has 0 aromatic rings. The molecule has 0 radical (unpaired) electrons. The summed E-state index contributed by atoms with van der Waals surface area (Å²) in [7, 11) is 0. The number of ether oxygens (including phenoxy) is 1. The molecule has 0 spiro atoms. The van der Waals surface area contributed by atoms with Crippen molar-refractivity contribution < 1.29 is 9.53 Å². The number of carbonyl (C=O) groups excluding carboxylic acids is 1. The number of allylic oxidation sites excluding steroid dienone is 2. The van der Waals surface area contributed by atoms with Crippen molar-refractivity contribution in [3.05, 3.63) is 24.3 Å². The maximum absolute atomic E-state index is 10.6. The zero-order chi connectivity index (χ0) is 6.69. The zero-order valence-corrected chi connectivity index (χ0v) is 5.09. The normalized spacial score (nSPS) is 22.2. The zero-order valence-electron chi connectivity index (χ0n) is 5.09. The number of rotatable bonds is 1. The molecule has 9 heavy (non-hydrogen) atoms. The van der Waals surface area contributed by atoms with Crippen molar-refractivity contribution in [1.29, 1.82) is 0 Å². The smallest absolute Gasteiger partial charge is 0.334 e. The number of carbonyl (C=O) groups is 1. The first-order valence-corrected chi connectivity index (χ1v) is 2.83. The highest BCUT2D eigenvalue weighted by atomic mass is 16.5. The van der Waals surface area contributed by atoms with E-state index in [0.29, 0.717) is 6.61 Å². The molecule has 1 aliphatic heterocycles. The second-order valence-electron chi connectivity index (χ2n) is 1.81. The van der Waals surface area contributed by atoms with E-state index in [2.05, 4.69) is 11.3 Å². The lowest BCUT2D eigenvalue weighted by molar-refractivity contribution is -0.135. The quantitative estimate of drug-likeness (QED) is 0.385. The minimum Gasteiger partial charge on any atom is -0.462 e. The Morgan fingerprint density at radius 1 is 1.67 bits per heavy atom. The van der Waals surface area contributed by atoms with Crippen molar-refractivity contribution in [3.63, 3.8) is 0 Å². The van der Waals surface area contributed by atoms with E-state index in [1.165, 1.54) is 0 Å². The van der Waals surface area contributed by atoms with E-state index >= 15 is 0 Å². The molecule has 0 aliphatic carbocycles. The van der Waals surface area contributed by atoms with Crippen LogP contribution < -0.4 is 0 Å². The van der Waals surface area contributed by atoms with Gasteiger partial charge >= 0.3 is 5.97 Å². The van der Waals surface area contributed by atoms with Gasteiger partial charge in [-0.15, -0.1) is 0 Å². The molecule has 48 valence electrons. The summed E-state index contributed by atoms with van der Waals surface area (Å²) in [6.07, 6.45) is 4.02. The van der Waals surface area contributed by atoms with Crippen LogP contribution in [0.2, 0.25) is 0 Å².